The van der Waals surface area contributed by atoms with Crippen LogP contribution in [-0.2, 0) is 6.54 Å². The monoisotopic (exact) mass is 295 g/mol. The van der Waals surface area contributed by atoms with E-state index >= 15 is 0 Å². The second-order valence-electron chi connectivity index (χ2n) is 4.04. The van der Waals surface area contributed by atoms with Gasteiger partial charge in [-0.1, -0.05) is 35.9 Å². The second kappa shape index (κ2) is 7.53. The summed E-state index contributed by atoms with van der Waals surface area (Å²) in [7, 11) is 0. The molecule has 1 N–H and O–H groups in total. The van der Waals surface area contributed by atoms with Crippen LogP contribution in [0.1, 0.15) is 5.56 Å². The van der Waals surface area contributed by atoms with E-state index in [9.17, 15) is 4.39 Å². The Morgan fingerprint density at radius 2 is 1.84 bits per heavy atom. The highest BCUT2D eigenvalue weighted by Crippen LogP contribution is 2.19. The number of rotatable bonds is 6. The molecule has 0 aliphatic heterocycles. The van der Waals surface area contributed by atoms with E-state index in [1.165, 1.54) is 11.0 Å². The molecule has 100 valence electrons. The molecule has 0 bridgehead atoms. The first-order valence-electron chi connectivity index (χ1n) is 6.09. The van der Waals surface area contributed by atoms with Gasteiger partial charge in [0.25, 0.3) is 0 Å². The van der Waals surface area contributed by atoms with Gasteiger partial charge in [0.15, 0.2) is 0 Å². The summed E-state index contributed by atoms with van der Waals surface area (Å²) in [5.41, 5.74) is 0.536. The first kappa shape index (κ1) is 14.4. The smallest absolute Gasteiger partial charge is 0.129 e. The largest absolute Gasteiger partial charge is 0.312 e. The predicted octanol–water partition coefficient (Wildman–Crippen LogP) is 4.36. The van der Waals surface area contributed by atoms with E-state index in [2.05, 4.69) is 17.4 Å². The summed E-state index contributed by atoms with van der Waals surface area (Å²) in [5.74, 6) is 0.687. The molecule has 0 unspecified atom stereocenters. The molecule has 0 saturated heterocycles. The van der Waals surface area contributed by atoms with Crippen molar-refractivity contribution in [1.82, 2.24) is 5.32 Å². The first-order valence-corrected chi connectivity index (χ1v) is 7.45. The Kier molecular flexibility index (Phi) is 5.70. The topological polar surface area (TPSA) is 12.0 Å². The molecule has 0 aromatic heterocycles. The van der Waals surface area contributed by atoms with Crippen LogP contribution in [0.2, 0.25) is 5.02 Å². The summed E-state index contributed by atoms with van der Waals surface area (Å²) in [6.07, 6.45) is 0. The molecule has 0 amide bonds. The van der Waals surface area contributed by atoms with E-state index in [1.54, 1.807) is 23.9 Å². The number of nitrogens with one attached hydrogen (secondary N) is 1. The van der Waals surface area contributed by atoms with Gasteiger partial charge in [-0.05, 0) is 24.3 Å². The fourth-order valence-electron chi connectivity index (χ4n) is 1.67. The number of hydrogen-bond donors (Lipinski definition) is 1. The third-order valence-corrected chi connectivity index (χ3v) is 4.02. The molecular weight excluding hydrogens is 281 g/mol. The van der Waals surface area contributed by atoms with Crippen LogP contribution in [0.4, 0.5) is 4.39 Å². The molecule has 0 saturated carbocycles. The lowest BCUT2D eigenvalue weighted by atomic mass is 10.2. The van der Waals surface area contributed by atoms with Gasteiger partial charge in [0.05, 0.1) is 0 Å². The lowest BCUT2D eigenvalue weighted by Gasteiger charge is -2.07. The van der Waals surface area contributed by atoms with Crippen molar-refractivity contribution in [2.75, 3.05) is 12.3 Å². The Labute approximate surface area is 122 Å². The third-order valence-electron chi connectivity index (χ3n) is 2.65. The fraction of sp³-hybridized carbons (Fsp3) is 0.200. The van der Waals surface area contributed by atoms with Crippen molar-refractivity contribution in [3.63, 3.8) is 0 Å². The van der Waals surface area contributed by atoms with Crippen LogP contribution in [0, 0.1) is 5.82 Å². The van der Waals surface area contributed by atoms with Crippen molar-refractivity contribution < 1.29 is 4.39 Å². The summed E-state index contributed by atoms with van der Waals surface area (Å²) in [5, 5.41) is 3.68. The molecule has 0 spiro atoms. The maximum Gasteiger partial charge on any atom is 0.129 e. The first-order chi connectivity index (χ1) is 9.27. The molecule has 0 aliphatic carbocycles. The van der Waals surface area contributed by atoms with Crippen molar-refractivity contribution >= 4 is 23.4 Å². The highest BCUT2D eigenvalue weighted by atomic mass is 35.5. The van der Waals surface area contributed by atoms with Crippen molar-refractivity contribution in [3.8, 4) is 0 Å². The van der Waals surface area contributed by atoms with Crippen LogP contribution in [0.15, 0.2) is 53.4 Å². The summed E-state index contributed by atoms with van der Waals surface area (Å²) in [6.45, 7) is 1.27. The van der Waals surface area contributed by atoms with Crippen LogP contribution in [0.5, 0.6) is 0 Å². The SMILES string of the molecule is Fc1cccc(Cl)c1CNCCSc1ccccc1. The molecule has 0 atom stereocenters. The quantitative estimate of drug-likeness (QED) is 0.628. The Morgan fingerprint density at radius 3 is 2.58 bits per heavy atom. The standard InChI is InChI=1S/C15H15ClFNS/c16-14-7-4-8-15(17)13(14)11-18-9-10-19-12-5-2-1-3-6-12/h1-8,18H,9-11H2. The normalized spacial score (nSPS) is 10.6. The maximum absolute atomic E-state index is 13.5. The number of thioether (sulfide) groups is 1. The molecule has 19 heavy (non-hydrogen) atoms. The number of hydrogen-bond acceptors (Lipinski definition) is 2. The van der Waals surface area contributed by atoms with Crippen LogP contribution >= 0.6 is 23.4 Å². The summed E-state index contributed by atoms with van der Waals surface area (Å²) >= 11 is 7.73. The van der Waals surface area contributed by atoms with Gasteiger partial charge in [0.1, 0.15) is 5.82 Å². The summed E-state index contributed by atoms with van der Waals surface area (Å²) in [6, 6.07) is 15.0. The van der Waals surface area contributed by atoms with E-state index in [1.807, 2.05) is 18.2 Å². The number of halogens is 2. The zero-order valence-corrected chi connectivity index (χ0v) is 12.0. The minimum absolute atomic E-state index is 0.254. The summed E-state index contributed by atoms with van der Waals surface area (Å²) in [4.78, 5) is 1.24. The molecule has 0 fully saturated rings. The average molecular weight is 296 g/mol. The van der Waals surface area contributed by atoms with Gasteiger partial charge >= 0.3 is 0 Å². The van der Waals surface area contributed by atoms with Gasteiger partial charge in [0, 0.05) is 34.3 Å². The van der Waals surface area contributed by atoms with Gasteiger partial charge in [-0.3, -0.25) is 0 Å². The zero-order valence-electron chi connectivity index (χ0n) is 10.4. The molecule has 0 heterocycles. The van der Waals surface area contributed by atoms with E-state index < -0.39 is 0 Å². The third kappa shape index (κ3) is 4.53. The predicted molar refractivity (Wildman–Crippen MR) is 80.3 cm³/mol. The summed E-state index contributed by atoms with van der Waals surface area (Å²) < 4.78 is 13.5. The van der Waals surface area contributed by atoms with Crippen LogP contribution in [-0.4, -0.2) is 12.3 Å². The van der Waals surface area contributed by atoms with Crippen LogP contribution < -0.4 is 5.32 Å². The zero-order chi connectivity index (χ0) is 13.5. The van der Waals surface area contributed by atoms with Crippen molar-refractivity contribution in [2.45, 2.75) is 11.4 Å². The fourth-order valence-corrected chi connectivity index (χ4v) is 2.73. The molecule has 2 rings (SSSR count). The minimum atomic E-state index is -0.254. The van der Waals surface area contributed by atoms with Crippen LogP contribution in [0.3, 0.4) is 0 Å². The molecule has 1 nitrogen and oxygen atoms in total. The molecule has 0 radical (unpaired) electrons. The van der Waals surface area contributed by atoms with E-state index in [0.29, 0.717) is 17.1 Å². The lowest BCUT2D eigenvalue weighted by Crippen LogP contribution is -2.17. The Hall–Kier alpha value is -1.03. The second-order valence-corrected chi connectivity index (χ2v) is 5.61. The van der Waals surface area contributed by atoms with Gasteiger partial charge in [-0.2, -0.15) is 0 Å². The average Bonchev–Trinajstić information content (AvgIpc) is 2.42. The van der Waals surface area contributed by atoms with E-state index in [0.717, 1.165) is 12.3 Å². The maximum atomic E-state index is 13.5. The van der Waals surface area contributed by atoms with Crippen LogP contribution in [0.25, 0.3) is 0 Å². The lowest BCUT2D eigenvalue weighted by molar-refractivity contribution is 0.594. The van der Waals surface area contributed by atoms with Gasteiger partial charge < -0.3 is 5.32 Å². The van der Waals surface area contributed by atoms with Gasteiger partial charge in [-0.15, -0.1) is 11.8 Å². The molecule has 2 aromatic carbocycles. The van der Waals surface area contributed by atoms with Crippen molar-refractivity contribution in [2.24, 2.45) is 0 Å². The Balaban J connectivity index is 1.73. The van der Waals surface area contributed by atoms with Gasteiger partial charge in [-0.25, -0.2) is 4.39 Å². The molecule has 0 aliphatic rings. The highest BCUT2D eigenvalue weighted by Gasteiger charge is 2.05. The Morgan fingerprint density at radius 1 is 1.05 bits per heavy atom. The Bertz CT molecular complexity index is 499. The van der Waals surface area contributed by atoms with Gasteiger partial charge in [0.2, 0.25) is 0 Å². The van der Waals surface area contributed by atoms with E-state index in [-0.39, 0.29) is 5.82 Å². The minimum Gasteiger partial charge on any atom is -0.312 e. The van der Waals surface area contributed by atoms with E-state index in [4.69, 9.17) is 11.6 Å². The molecule has 2 aromatic rings. The number of benzene rings is 2. The molecular formula is C15H15ClFNS. The van der Waals surface area contributed by atoms with Crippen molar-refractivity contribution in [3.05, 3.63) is 64.9 Å². The molecule has 4 heteroatoms. The van der Waals surface area contributed by atoms with Crippen molar-refractivity contribution in [1.29, 1.82) is 0 Å². The highest BCUT2D eigenvalue weighted by molar-refractivity contribution is 7.99.